The molecule has 0 amide bonds. The van der Waals surface area contributed by atoms with Gasteiger partial charge in [-0.25, -0.2) is 4.98 Å². The van der Waals surface area contributed by atoms with Crippen molar-refractivity contribution >= 4 is 0 Å². The van der Waals surface area contributed by atoms with Gasteiger partial charge in [0, 0.05) is 19.0 Å². The van der Waals surface area contributed by atoms with Gasteiger partial charge in [-0.15, -0.1) is 0 Å². The average Bonchev–Trinajstić information content (AvgIpc) is 2.53. The minimum absolute atomic E-state index is 0.237. The third-order valence-corrected chi connectivity index (χ3v) is 2.33. The summed E-state index contributed by atoms with van der Waals surface area (Å²) in [5, 5.41) is 0. The van der Waals surface area contributed by atoms with E-state index in [1.807, 2.05) is 19.3 Å². The van der Waals surface area contributed by atoms with E-state index in [2.05, 4.69) is 9.55 Å². The molecule has 0 radical (unpaired) electrons. The number of imidazole rings is 1. The molecule has 0 spiro atoms. The van der Waals surface area contributed by atoms with Crippen LogP contribution in [-0.2, 0) is 4.74 Å². The summed E-state index contributed by atoms with van der Waals surface area (Å²) in [6.07, 6.45) is 7.64. The molecule has 1 aromatic heterocycles. The van der Waals surface area contributed by atoms with Crippen LogP contribution in [0.3, 0.4) is 0 Å². The molecule has 66 valence electrons. The summed E-state index contributed by atoms with van der Waals surface area (Å²) in [7, 11) is 0. The Labute approximate surface area is 72.4 Å². The summed E-state index contributed by atoms with van der Waals surface area (Å²) >= 11 is 0. The lowest BCUT2D eigenvalue weighted by molar-refractivity contribution is -0.0331. The minimum Gasteiger partial charge on any atom is -0.358 e. The van der Waals surface area contributed by atoms with Crippen molar-refractivity contribution < 1.29 is 4.74 Å². The Morgan fingerprint density at radius 2 is 2.50 bits per heavy atom. The van der Waals surface area contributed by atoms with Gasteiger partial charge in [-0.3, -0.25) is 0 Å². The molecule has 1 unspecified atom stereocenters. The minimum atomic E-state index is 0.237. The van der Waals surface area contributed by atoms with Crippen LogP contribution in [0.15, 0.2) is 12.4 Å². The van der Waals surface area contributed by atoms with Crippen LogP contribution in [0.1, 0.15) is 31.3 Å². The second kappa shape index (κ2) is 3.27. The molecule has 1 aromatic rings. The van der Waals surface area contributed by atoms with E-state index in [9.17, 15) is 0 Å². The maximum Gasteiger partial charge on any atom is 0.134 e. The molecular weight excluding hydrogens is 152 g/mol. The predicted octanol–water partition coefficient (Wildman–Crippen LogP) is 1.89. The first-order chi connectivity index (χ1) is 5.88. The van der Waals surface area contributed by atoms with E-state index in [1.165, 1.54) is 12.8 Å². The van der Waals surface area contributed by atoms with Gasteiger partial charge in [0.05, 0.1) is 0 Å². The molecule has 0 N–H and O–H groups in total. The normalized spacial score (nSPS) is 24.2. The fourth-order valence-corrected chi connectivity index (χ4v) is 1.64. The Kier molecular flexibility index (Phi) is 2.13. The zero-order valence-electron chi connectivity index (χ0n) is 7.36. The number of rotatable bonds is 1. The summed E-state index contributed by atoms with van der Waals surface area (Å²) < 4.78 is 7.74. The monoisotopic (exact) mass is 166 g/mol. The highest BCUT2D eigenvalue weighted by atomic mass is 16.5. The van der Waals surface area contributed by atoms with Crippen molar-refractivity contribution in [2.45, 2.75) is 32.4 Å². The van der Waals surface area contributed by atoms with Crippen LogP contribution in [0.4, 0.5) is 0 Å². The van der Waals surface area contributed by atoms with Gasteiger partial charge >= 0.3 is 0 Å². The molecule has 3 heteroatoms. The molecule has 0 aromatic carbocycles. The number of aromatic nitrogens is 2. The number of hydrogen-bond donors (Lipinski definition) is 0. The molecular formula is C9H14N2O. The second-order valence-corrected chi connectivity index (χ2v) is 3.20. The first-order valence-corrected chi connectivity index (χ1v) is 4.49. The fraction of sp³-hybridized carbons (Fsp3) is 0.667. The molecule has 1 saturated heterocycles. The molecule has 1 aliphatic heterocycles. The van der Waals surface area contributed by atoms with Crippen molar-refractivity contribution in [3.63, 3.8) is 0 Å². The zero-order valence-corrected chi connectivity index (χ0v) is 7.36. The highest BCUT2D eigenvalue weighted by Gasteiger charge is 2.16. The van der Waals surface area contributed by atoms with E-state index in [0.29, 0.717) is 0 Å². The Hall–Kier alpha value is -0.830. The van der Waals surface area contributed by atoms with Crippen molar-refractivity contribution in [2.24, 2.45) is 0 Å². The number of hydrogen-bond acceptors (Lipinski definition) is 2. The molecule has 12 heavy (non-hydrogen) atoms. The largest absolute Gasteiger partial charge is 0.358 e. The molecule has 2 rings (SSSR count). The third kappa shape index (κ3) is 1.37. The molecule has 1 fully saturated rings. The molecule has 2 heterocycles. The van der Waals surface area contributed by atoms with Crippen molar-refractivity contribution in [1.29, 1.82) is 0 Å². The Morgan fingerprint density at radius 1 is 1.58 bits per heavy atom. The van der Waals surface area contributed by atoms with Crippen LogP contribution in [-0.4, -0.2) is 16.2 Å². The Morgan fingerprint density at radius 3 is 3.08 bits per heavy atom. The lowest BCUT2D eigenvalue weighted by Crippen LogP contribution is -2.18. The van der Waals surface area contributed by atoms with Gasteiger partial charge in [0.1, 0.15) is 12.1 Å². The van der Waals surface area contributed by atoms with E-state index in [0.717, 1.165) is 18.9 Å². The SMILES string of the molecule is Cc1nccn1C1CCCCO1. The highest BCUT2D eigenvalue weighted by Crippen LogP contribution is 2.22. The van der Waals surface area contributed by atoms with Gasteiger partial charge in [0.25, 0.3) is 0 Å². The molecule has 1 aliphatic rings. The standard InChI is InChI=1S/C9H14N2O/c1-8-10-5-6-11(8)9-4-2-3-7-12-9/h5-6,9H,2-4,7H2,1H3. The highest BCUT2D eigenvalue weighted by molar-refractivity contribution is 4.90. The van der Waals surface area contributed by atoms with E-state index < -0.39 is 0 Å². The van der Waals surface area contributed by atoms with Crippen LogP contribution in [0, 0.1) is 6.92 Å². The Balaban J connectivity index is 2.13. The van der Waals surface area contributed by atoms with Gasteiger partial charge in [-0.1, -0.05) is 0 Å². The van der Waals surface area contributed by atoms with Gasteiger partial charge in [0.2, 0.25) is 0 Å². The van der Waals surface area contributed by atoms with Crippen molar-refractivity contribution in [1.82, 2.24) is 9.55 Å². The van der Waals surface area contributed by atoms with Crippen LogP contribution in [0.2, 0.25) is 0 Å². The molecule has 3 nitrogen and oxygen atoms in total. The van der Waals surface area contributed by atoms with Gasteiger partial charge in [-0.05, 0) is 26.2 Å². The topological polar surface area (TPSA) is 27.1 Å². The van der Waals surface area contributed by atoms with Gasteiger partial charge in [0.15, 0.2) is 0 Å². The molecule has 0 aliphatic carbocycles. The van der Waals surface area contributed by atoms with E-state index in [1.54, 1.807) is 0 Å². The fourth-order valence-electron chi connectivity index (χ4n) is 1.64. The summed E-state index contributed by atoms with van der Waals surface area (Å²) in [4.78, 5) is 4.17. The molecule has 1 atom stereocenters. The van der Waals surface area contributed by atoms with Crippen molar-refractivity contribution in [3.05, 3.63) is 18.2 Å². The summed E-state index contributed by atoms with van der Waals surface area (Å²) in [6.45, 7) is 2.90. The summed E-state index contributed by atoms with van der Waals surface area (Å²) in [5.74, 6) is 1.04. The third-order valence-electron chi connectivity index (χ3n) is 2.33. The quantitative estimate of drug-likeness (QED) is 0.637. The number of ether oxygens (including phenoxy) is 1. The maximum absolute atomic E-state index is 5.63. The maximum atomic E-state index is 5.63. The van der Waals surface area contributed by atoms with Crippen molar-refractivity contribution in [3.8, 4) is 0 Å². The zero-order chi connectivity index (χ0) is 8.39. The number of aryl methyl sites for hydroxylation is 1. The summed E-state index contributed by atoms with van der Waals surface area (Å²) in [6, 6.07) is 0. The molecule has 0 saturated carbocycles. The predicted molar refractivity (Wildman–Crippen MR) is 45.8 cm³/mol. The van der Waals surface area contributed by atoms with E-state index in [-0.39, 0.29) is 6.23 Å². The average molecular weight is 166 g/mol. The first kappa shape index (κ1) is 7.80. The van der Waals surface area contributed by atoms with Gasteiger partial charge in [-0.2, -0.15) is 0 Å². The summed E-state index contributed by atoms with van der Waals surface area (Å²) in [5.41, 5.74) is 0. The second-order valence-electron chi connectivity index (χ2n) is 3.20. The van der Waals surface area contributed by atoms with E-state index in [4.69, 9.17) is 4.74 Å². The van der Waals surface area contributed by atoms with Gasteiger partial charge < -0.3 is 9.30 Å². The smallest absolute Gasteiger partial charge is 0.134 e. The van der Waals surface area contributed by atoms with Crippen molar-refractivity contribution in [2.75, 3.05) is 6.61 Å². The lowest BCUT2D eigenvalue weighted by Gasteiger charge is -2.24. The Bertz CT molecular complexity index is 251. The van der Waals surface area contributed by atoms with Crippen LogP contribution in [0.25, 0.3) is 0 Å². The van der Waals surface area contributed by atoms with E-state index >= 15 is 0 Å². The number of nitrogens with zero attached hydrogens (tertiary/aromatic N) is 2. The van der Waals surface area contributed by atoms with Crippen LogP contribution in [0.5, 0.6) is 0 Å². The lowest BCUT2D eigenvalue weighted by atomic mass is 10.2. The molecule has 0 bridgehead atoms. The first-order valence-electron chi connectivity index (χ1n) is 4.49. The van der Waals surface area contributed by atoms with Crippen LogP contribution >= 0.6 is 0 Å². The van der Waals surface area contributed by atoms with Crippen LogP contribution < -0.4 is 0 Å².